The third kappa shape index (κ3) is 5.55. The van der Waals surface area contributed by atoms with Crippen molar-refractivity contribution < 1.29 is 22.4 Å². The monoisotopic (exact) mass is 470 g/mol. The van der Waals surface area contributed by atoms with Crippen molar-refractivity contribution in [3.05, 3.63) is 77.6 Å². The zero-order valence-corrected chi connectivity index (χ0v) is 17.5. The predicted octanol–water partition coefficient (Wildman–Crippen LogP) is 4.52. The number of hydrogen-bond donors (Lipinski definition) is 3. The minimum Gasteiger partial charge on any atom is -0.366 e. The first-order chi connectivity index (χ1) is 16.2. The van der Waals surface area contributed by atoms with Crippen LogP contribution in [-0.2, 0) is 6.54 Å². The maximum absolute atomic E-state index is 13.1. The molecule has 0 spiro atoms. The molecule has 0 fully saturated rings. The Balaban J connectivity index is 1.68. The Labute approximate surface area is 191 Å². The first-order valence-electron chi connectivity index (χ1n) is 10.1. The van der Waals surface area contributed by atoms with Gasteiger partial charge in [0.2, 0.25) is 11.9 Å². The molecule has 0 bridgehead atoms. The molecule has 0 saturated heterocycles. The third-order valence-corrected chi connectivity index (χ3v) is 4.83. The molecule has 4 rings (SSSR count). The Bertz CT molecular complexity index is 1320. The molecule has 0 aliphatic rings. The number of aromatic nitrogens is 3. The van der Waals surface area contributed by atoms with Crippen LogP contribution in [0.25, 0.3) is 22.3 Å². The lowest BCUT2D eigenvalue weighted by atomic mass is 10.1. The first-order valence-corrected chi connectivity index (χ1v) is 10.1. The van der Waals surface area contributed by atoms with Gasteiger partial charge in [-0.3, -0.25) is 4.79 Å². The minimum atomic E-state index is -4.47. The van der Waals surface area contributed by atoms with E-state index in [-0.39, 0.29) is 29.6 Å². The van der Waals surface area contributed by atoms with Gasteiger partial charge in [-0.1, -0.05) is 24.3 Å². The van der Waals surface area contributed by atoms with Crippen LogP contribution >= 0.6 is 0 Å². The molecule has 2 aromatic carbocycles. The molecule has 4 N–H and O–H groups in total. The standard InChI is InChI=1S/C23H18F4N6O/c24-16-7-1-13(2-8-16)11-29-22-32-18-10-9-17(14-3-5-15(6-4-14)20(28)34)31-19(18)21(33-22)30-12-23(25,26)27/h1-10H,11-12H2,(H2,28,34)(H2,29,30,32,33). The van der Waals surface area contributed by atoms with Gasteiger partial charge in [-0.05, 0) is 42.0 Å². The van der Waals surface area contributed by atoms with Crippen LogP contribution in [0.5, 0.6) is 0 Å². The minimum absolute atomic E-state index is 0.0851. The topological polar surface area (TPSA) is 106 Å². The van der Waals surface area contributed by atoms with Gasteiger partial charge in [0.15, 0.2) is 5.82 Å². The highest BCUT2D eigenvalue weighted by Crippen LogP contribution is 2.26. The van der Waals surface area contributed by atoms with E-state index in [2.05, 4.69) is 25.6 Å². The smallest absolute Gasteiger partial charge is 0.366 e. The molecule has 0 radical (unpaired) electrons. The number of anilines is 2. The highest BCUT2D eigenvalue weighted by Gasteiger charge is 2.27. The number of benzene rings is 2. The fraction of sp³-hybridized carbons (Fsp3) is 0.130. The van der Waals surface area contributed by atoms with Crippen LogP contribution in [0.2, 0.25) is 0 Å². The van der Waals surface area contributed by atoms with Crippen molar-refractivity contribution in [2.45, 2.75) is 12.7 Å². The Morgan fingerprint density at radius 1 is 0.882 bits per heavy atom. The van der Waals surface area contributed by atoms with Crippen molar-refractivity contribution in [3.8, 4) is 11.3 Å². The average molecular weight is 470 g/mol. The molecule has 11 heteroatoms. The fourth-order valence-corrected chi connectivity index (χ4v) is 3.15. The molecule has 2 aromatic heterocycles. The number of nitrogens with two attached hydrogens (primary N) is 1. The van der Waals surface area contributed by atoms with Crippen LogP contribution in [0.4, 0.5) is 29.3 Å². The van der Waals surface area contributed by atoms with Crippen molar-refractivity contribution in [2.24, 2.45) is 5.73 Å². The third-order valence-electron chi connectivity index (χ3n) is 4.83. The van der Waals surface area contributed by atoms with E-state index < -0.39 is 18.6 Å². The summed E-state index contributed by atoms with van der Waals surface area (Å²) >= 11 is 0. The van der Waals surface area contributed by atoms with E-state index in [1.165, 1.54) is 24.3 Å². The van der Waals surface area contributed by atoms with Gasteiger partial charge in [0.05, 0.1) is 11.2 Å². The Morgan fingerprint density at radius 3 is 2.24 bits per heavy atom. The van der Waals surface area contributed by atoms with Crippen LogP contribution in [0, 0.1) is 5.82 Å². The van der Waals surface area contributed by atoms with E-state index in [9.17, 15) is 22.4 Å². The van der Waals surface area contributed by atoms with Gasteiger partial charge in [-0.2, -0.15) is 18.2 Å². The largest absolute Gasteiger partial charge is 0.405 e. The summed E-state index contributed by atoms with van der Waals surface area (Å²) in [7, 11) is 0. The number of primary amides is 1. The number of amides is 1. The average Bonchev–Trinajstić information content (AvgIpc) is 2.81. The highest BCUT2D eigenvalue weighted by molar-refractivity contribution is 5.93. The molecule has 0 unspecified atom stereocenters. The summed E-state index contributed by atoms with van der Waals surface area (Å²) in [5, 5.41) is 5.22. The lowest BCUT2D eigenvalue weighted by Crippen LogP contribution is -2.22. The molecular weight excluding hydrogens is 452 g/mol. The second-order valence-electron chi connectivity index (χ2n) is 7.35. The number of fused-ring (bicyclic) bond motifs is 1. The number of nitrogens with one attached hydrogen (secondary N) is 2. The Kier molecular flexibility index (Phi) is 6.26. The number of alkyl halides is 3. The summed E-state index contributed by atoms with van der Waals surface area (Å²) in [6.07, 6.45) is -4.47. The lowest BCUT2D eigenvalue weighted by Gasteiger charge is -2.13. The van der Waals surface area contributed by atoms with Crippen LogP contribution in [0.1, 0.15) is 15.9 Å². The summed E-state index contributed by atoms with van der Waals surface area (Å²) in [6.45, 7) is -1.07. The molecular formula is C23H18F4N6O. The van der Waals surface area contributed by atoms with E-state index in [0.717, 1.165) is 5.56 Å². The van der Waals surface area contributed by atoms with Crippen molar-refractivity contribution >= 4 is 28.7 Å². The summed E-state index contributed by atoms with van der Waals surface area (Å²) in [5.41, 5.74) is 7.86. The molecule has 0 atom stereocenters. The first kappa shape index (κ1) is 22.9. The Hall–Kier alpha value is -4.28. The van der Waals surface area contributed by atoms with Gasteiger partial charge in [0.1, 0.15) is 17.9 Å². The predicted molar refractivity (Wildman–Crippen MR) is 120 cm³/mol. The number of carbonyl (C=O) groups is 1. The van der Waals surface area contributed by atoms with Gasteiger partial charge < -0.3 is 16.4 Å². The SMILES string of the molecule is NC(=O)c1ccc(-c2ccc3nc(NCc4ccc(F)cc4)nc(NCC(F)(F)F)c3n2)cc1. The van der Waals surface area contributed by atoms with E-state index in [1.807, 2.05) is 0 Å². The fourth-order valence-electron chi connectivity index (χ4n) is 3.15. The summed E-state index contributed by atoms with van der Waals surface area (Å²) in [6, 6.07) is 15.4. The lowest BCUT2D eigenvalue weighted by molar-refractivity contribution is -0.115. The number of pyridine rings is 1. The molecule has 0 aliphatic carbocycles. The van der Waals surface area contributed by atoms with E-state index >= 15 is 0 Å². The summed E-state index contributed by atoms with van der Waals surface area (Å²) < 4.78 is 51.7. The van der Waals surface area contributed by atoms with Crippen LogP contribution < -0.4 is 16.4 Å². The molecule has 7 nitrogen and oxygen atoms in total. The van der Waals surface area contributed by atoms with Crippen molar-refractivity contribution in [2.75, 3.05) is 17.2 Å². The zero-order valence-electron chi connectivity index (χ0n) is 17.5. The molecule has 0 aliphatic heterocycles. The number of carbonyl (C=O) groups excluding carboxylic acids is 1. The molecule has 4 aromatic rings. The maximum Gasteiger partial charge on any atom is 0.405 e. The van der Waals surface area contributed by atoms with E-state index in [1.54, 1.807) is 36.4 Å². The van der Waals surface area contributed by atoms with Gasteiger partial charge in [0.25, 0.3) is 0 Å². The molecule has 34 heavy (non-hydrogen) atoms. The zero-order chi connectivity index (χ0) is 24.3. The normalized spacial score (nSPS) is 11.4. The van der Waals surface area contributed by atoms with Gasteiger partial charge in [-0.25, -0.2) is 14.4 Å². The van der Waals surface area contributed by atoms with Crippen molar-refractivity contribution in [3.63, 3.8) is 0 Å². The second kappa shape index (κ2) is 9.30. The van der Waals surface area contributed by atoms with Crippen LogP contribution in [0.15, 0.2) is 60.7 Å². The summed E-state index contributed by atoms with van der Waals surface area (Å²) in [4.78, 5) is 24.2. The number of rotatable bonds is 7. The van der Waals surface area contributed by atoms with E-state index in [4.69, 9.17) is 5.73 Å². The van der Waals surface area contributed by atoms with E-state index in [0.29, 0.717) is 22.3 Å². The van der Waals surface area contributed by atoms with Crippen LogP contribution in [-0.4, -0.2) is 33.6 Å². The molecule has 174 valence electrons. The van der Waals surface area contributed by atoms with Crippen molar-refractivity contribution in [1.82, 2.24) is 15.0 Å². The van der Waals surface area contributed by atoms with Gasteiger partial charge in [0, 0.05) is 17.7 Å². The number of nitrogens with zero attached hydrogens (tertiary/aromatic N) is 3. The summed E-state index contributed by atoms with van der Waals surface area (Å²) in [5.74, 6) is -0.970. The number of halogens is 4. The second-order valence-corrected chi connectivity index (χ2v) is 7.35. The maximum atomic E-state index is 13.1. The quantitative estimate of drug-likeness (QED) is 0.343. The molecule has 1 amide bonds. The van der Waals surface area contributed by atoms with Crippen LogP contribution in [0.3, 0.4) is 0 Å². The molecule has 0 saturated carbocycles. The Morgan fingerprint density at radius 2 is 1.59 bits per heavy atom. The molecule has 2 heterocycles. The number of hydrogen-bond acceptors (Lipinski definition) is 6. The van der Waals surface area contributed by atoms with Gasteiger partial charge >= 0.3 is 6.18 Å². The highest BCUT2D eigenvalue weighted by atomic mass is 19.4. The van der Waals surface area contributed by atoms with Gasteiger partial charge in [-0.15, -0.1) is 0 Å². The van der Waals surface area contributed by atoms with Crippen molar-refractivity contribution in [1.29, 1.82) is 0 Å².